The number of fused-ring (bicyclic) bond motifs is 1. The van der Waals surface area contributed by atoms with E-state index in [1.54, 1.807) is 45.8 Å². The quantitative estimate of drug-likeness (QED) is 0.120. The van der Waals surface area contributed by atoms with E-state index < -0.39 is 34.6 Å². The highest BCUT2D eigenvalue weighted by atomic mass is 79.9. The highest BCUT2D eigenvalue weighted by Crippen LogP contribution is 2.68. The maximum absolute atomic E-state index is 14.7. The molecule has 1 aromatic rings. The molecule has 224 valence electrons. The number of aliphatic hydroxyl groups excluding tert-OH is 1. The van der Waals surface area contributed by atoms with Crippen LogP contribution in [0.2, 0.25) is 5.02 Å². The van der Waals surface area contributed by atoms with Gasteiger partial charge in [0.2, 0.25) is 5.91 Å². The third kappa shape index (κ3) is 6.01. The number of rotatable bonds is 14. The molecule has 3 aliphatic rings. The Kier molecular flexibility index (Phi) is 10.7. The summed E-state index contributed by atoms with van der Waals surface area (Å²) in [5, 5.41) is 10.7. The van der Waals surface area contributed by atoms with Gasteiger partial charge in [0.15, 0.2) is 0 Å². The number of para-hydroxylation sites is 1. The first-order valence-electron chi connectivity index (χ1n) is 14.3. The summed E-state index contributed by atoms with van der Waals surface area (Å²) in [6, 6.07) is 5.63. The lowest BCUT2D eigenvalue weighted by Crippen LogP contribution is -2.58. The number of carbonyl (C=O) groups excluding carboxylic acids is 3. The number of benzene rings is 1. The number of thioether (sulfide) groups is 1. The van der Waals surface area contributed by atoms with Gasteiger partial charge in [0, 0.05) is 16.6 Å². The minimum atomic E-state index is -0.896. The molecule has 0 aromatic heterocycles. The zero-order chi connectivity index (χ0) is 29.9. The van der Waals surface area contributed by atoms with Crippen LogP contribution in [0.4, 0.5) is 5.69 Å². The maximum atomic E-state index is 14.7. The second-order valence-corrected chi connectivity index (χ2v) is 14.6. The van der Waals surface area contributed by atoms with Crippen LogP contribution in [0, 0.1) is 17.8 Å². The number of anilines is 1. The Hall–Kier alpha value is -1.81. The molecule has 3 unspecified atom stereocenters. The Balaban J connectivity index is 1.76. The van der Waals surface area contributed by atoms with E-state index >= 15 is 0 Å². The Morgan fingerprint density at radius 2 is 2.02 bits per heavy atom. The fourth-order valence-corrected chi connectivity index (χ4v) is 10.6. The van der Waals surface area contributed by atoms with Gasteiger partial charge in [-0.2, -0.15) is 0 Å². The number of likely N-dealkylation sites (tertiary alicyclic amines) is 1. The van der Waals surface area contributed by atoms with Gasteiger partial charge in [0.1, 0.15) is 6.04 Å². The fraction of sp³-hybridized carbons (Fsp3) is 0.581. The van der Waals surface area contributed by atoms with Crippen molar-refractivity contribution < 1.29 is 24.2 Å². The number of alkyl halides is 1. The molecule has 2 amide bonds. The minimum Gasteiger partial charge on any atom is -0.465 e. The number of allylic oxidation sites excluding steroid dienone is 1. The number of nitrogens with zero attached hydrogens (tertiary/aromatic N) is 2. The molecule has 1 aromatic carbocycles. The van der Waals surface area contributed by atoms with Gasteiger partial charge in [-0.3, -0.25) is 14.4 Å². The van der Waals surface area contributed by atoms with Crippen molar-refractivity contribution in [1.82, 2.24) is 4.90 Å². The van der Waals surface area contributed by atoms with Crippen LogP contribution in [0.1, 0.15) is 46.0 Å². The lowest BCUT2D eigenvalue weighted by molar-refractivity contribution is -0.154. The van der Waals surface area contributed by atoms with Crippen LogP contribution in [0.15, 0.2) is 49.6 Å². The third-order valence-corrected chi connectivity index (χ3v) is 11.9. The van der Waals surface area contributed by atoms with Gasteiger partial charge in [-0.1, -0.05) is 65.7 Å². The van der Waals surface area contributed by atoms with Crippen LogP contribution in [-0.4, -0.2) is 74.5 Å². The molecule has 3 aliphatic heterocycles. The normalized spacial score (nSPS) is 29.0. The summed E-state index contributed by atoms with van der Waals surface area (Å²) in [4.78, 5) is 45.8. The zero-order valence-electron chi connectivity index (χ0n) is 23.7. The molecule has 2 bridgehead atoms. The number of unbranched alkanes of at least 4 members (excludes halogenated alkanes) is 2. The molecule has 3 fully saturated rings. The van der Waals surface area contributed by atoms with Crippen molar-refractivity contribution in [3.63, 3.8) is 0 Å². The average molecular weight is 668 g/mol. The molecular weight excluding hydrogens is 628 g/mol. The highest BCUT2D eigenvalue weighted by molar-refractivity contribution is 9.09. The monoisotopic (exact) mass is 666 g/mol. The van der Waals surface area contributed by atoms with Crippen molar-refractivity contribution in [2.45, 2.75) is 72.9 Å². The molecular formula is C31H40BrClN2O5S. The van der Waals surface area contributed by atoms with Crippen molar-refractivity contribution in [2.75, 3.05) is 24.7 Å². The van der Waals surface area contributed by atoms with Crippen molar-refractivity contribution >= 4 is 62.8 Å². The van der Waals surface area contributed by atoms with Crippen molar-refractivity contribution in [3.8, 4) is 0 Å². The van der Waals surface area contributed by atoms with E-state index in [0.29, 0.717) is 30.0 Å². The topological polar surface area (TPSA) is 87.1 Å². The van der Waals surface area contributed by atoms with Crippen molar-refractivity contribution in [2.24, 2.45) is 17.8 Å². The van der Waals surface area contributed by atoms with E-state index in [4.69, 9.17) is 16.3 Å². The number of aliphatic hydroxyl groups is 1. The lowest BCUT2D eigenvalue weighted by Gasteiger charge is -2.40. The number of hydrogen-bond acceptors (Lipinski definition) is 6. The summed E-state index contributed by atoms with van der Waals surface area (Å²) in [6.45, 7) is 11.8. The summed E-state index contributed by atoms with van der Waals surface area (Å²) in [5.74, 6) is -2.18. The number of hydrogen-bond donors (Lipinski definition) is 1. The van der Waals surface area contributed by atoms with Crippen LogP contribution < -0.4 is 4.90 Å². The molecule has 3 saturated heterocycles. The molecule has 1 spiro atoms. The number of esters is 1. The molecule has 7 atom stereocenters. The van der Waals surface area contributed by atoms with Crippen LogP contribution in [0.25, 0.3) is 0 Å². The predicted octanol–water partition coefficient (Wildman–Crippen LogP) is 5.63. The molecule has 3 heterocycles. The summed E-state index contributed by atoms with van der Waals surface area (Å²) >= 11 is 11.9. The van der Waals surface area contributed by atoms with Crippen molar-refractivity contribution in [1.29, 1.82) is 0 Å². The first-order valence-corrected chi connectivity index (χ1v) is 16.5. The summed E-state index contributed by atoms with van der Waals surface area (Å²) < 4.78 is 4.87. The van der Waals surface area contributed by atoms with Gasteiger partial charge in [-0.25, -0.2) is 0 Å². The standard InChI is InChI=1S/C31H40BrClN2O5S/c1-5-7-8-11-15-40-30(39)24-25-28(37)35(20(18-36)16-19(3)4)27(31(25)17-21(32)26(24)41-31)29(38)34(14-6-2)23-13-10-9-12-22(23)33/h5-6,9-10,12-13,19-21,24-27,36H,1-2,7-8,11,14-18H2,3-4H3/t20-,21?,24+,25+,26+,27?,31?/m1/s1. The van der Waals surface area contributed by atoms with E-state index in [-0.39, 0.29) is 47.6 Å². The Labute approximate surface area is 260 Å². The smallest absolute Gasteiger partial charge is 0.310 e. The Bertz CT molecular complexity index is 1170. The lowest BCUT2D eigenvalue weighted by atomic mass is 9.71. The predicted molar refractivity (Wildman–Crippen MR) is 168 cm³/mol. The van der Waals surface area contributed by atoms with E-state index in [1.165, 1.54) is 0 Å². The van der Waals surface area contributed by atoms with Crippen molar-refractivity contribution in [3.05, 3.63) is 54.6 Å². The minimum absolute atomic E-state index is 0.0732. The zero-order valence-corrected chi connectivity index (χ0v) is 26.9. The van der Waals surface area contributed by atoms with Crippen LogP contribution in [-0.2, 0) is 19.1 Å². The molecule has 0 aliphatic carbocycles. The molecule has 0 saturated carbocycles. The SMILES string of the molecule is C=CCCCCOC(=O)[C@H]1[C@H]2C(=O)N([C@@H](CO)CC(C)C)C(C(=O)N(CC=C)c3ccccc3Cl)C23CC(Br)[C@@H]1S3. The Morgan fingerprint density at radius 1 is 1.29 bits per heavy atom. The first-order chi connectivity index (χ1) is 19.6. The molecule has 1 N–H and O–H groups in total. The van der Waals surface area contributed by atoms with E-state index in [2.05, 4.69) is 29.1 Å². The Morgan fingerprint density at radius 3 is 2.66 bits per heavy atom. The van der Waals surface area contributed by atoms with Crippen LogP contribution in [0.3, 0.4) is 0 Å². The van der Waals surface area contributed by atoms with Gasteiger partial charge >= 0.3 is 5.97 Å². The molecule has 4 rings (SSSR count). The maximum Gasteiger partial charge on any atom is 0.310 e. The number of halogens is 2. The second kappa shape index (κ2) is 13.7. The fourth-order valence-electron chi connectivity index (χ4n) is 6.74. The molecule has 10 heteroatoms. The van der Waals surface area contributed by atoms with Gasteiger partial charge in [0.05, 0.1) is 46.5 Å². The number of ether oxygens (including phenoxy) is 1. The first kappa shape index (κ1) is 32.1. The van der Waals surface area contributed by atoms with E-state index in [0.717, 1.165) is 12.8 Å². The summed E-state index contributed by atoms with van der Waals surface area (Å²) in [7, 11) is 0. The van der Waals surface area contributed by atoms with Gasteiger partial charge in [-0.05, 0) is 50.2 Å². The van der Waals surface area contributed by atoms with Gasteiger partial charge in [0.25, 0.3) is 5.91 Å². The van der Waals surface area contributed by atoms with E-state index in [1.807, 2.05) is 26.0 Å². The van der Waals surface area contributed by atoms with Crippen LogP contribution >= 0.6 is 39.3 Å². The summed E-state index contributed by atoms with van der Waals surface area (Å²) in [5.41, 5.74) is 0.527. The van der Waals surface area contributed by atoms with Gasteiger partial charge < -0.3 is 19.6 Å². The second-order valence-electron chi connectivity index (χ2n) is 11.5. The molecule has 0 radical (unpaired) electrons. The third-order valence-electron chi connectivity index (χ3n) is 8.35. The largest absolute Gasteiger partial charge is 0.465 e. The van der Waals surface area contributed by atoms with Crippen LogP contribution in [0.5, 0.6) is 0 Å². The van der Waals surface area contributed by atoms with E-state index in [9.17, 15) is 19.5 Å². The average Bonchev–Trinajstić information content (AvgIpc) is 3.53. The number of carbonyl (C=O) groups is 3. The highest BCUT2D eigenvalue weighted by Gasteiger charge is 2.76. The molecule has 41 heavy (non-hydrogen) atoms. The molecule has 7 nitrogen and oxygen atoms in total. The van der Waals surface area contributed by atoms with Gasteiger partial charge in [-0.15, -0.1) is 24.9 Å². The summed E-state index contributed by atoms with van der Waals surface area (Å²) in [6.07, 6.45) is 6.96. The number of amides is 2.